The van der Waals surface area contributed by atoms with E-state index in [9.17, 15) is 9.50 Å². The van der Waals surface area contributed by atoms with E-state index in [-0.39, 0.29) is 5.82 Å². The number of aliphatic hydroxyl groups excluding tert-OH is 1. The maximum Gasteiger partial charge on any atom is 0.124 e. The van der Waals surface area contributed by atoms with Gasteiger partial charge in [-0.3, -0.25) is 9.88 Å². The third kappa shape index (κ3) is 2.68. The molecule has 5 rings (SSSR count). The quantitative estimate of drug-likeness (QED) is 0.765. The molecule has 1 saturated heterocycles. The summed E-state index contributed by atoms with van der Waals surface area (Å²) in [5.74, 6) is -0.176. The van der Waals surface area contributed by atoms with Crippen molar-refractivity contribution in [3.05, 3.63) is 64.9 Å². The molecule has 0 bridgehead atoms. The number of pyridine rings is 1. The number of aryl methyl sites for hydroxylation is 1. The lowest BCUT2D eigenvalue weighted by Crippen LogP contribution is -2.31. The second kappa shape index (κ2) is 6.43. The van der Waals surface area contributed by atoms with Crippen LogP contribution in [0.3, 0.4) is 0 Å². The summed E-state index contributed by atoms with van der Waals surface area (Å²) in [7, 11) is 0. The molecule has 3 aromatic rings. The van der Waals surface area contributed by atoms with Gasteiger partial charge in [0.15, 0.2) is 0 Å². The minimum atomic E-state index is -0.612. The molecule has 1 unspecified atom stereocenters. The fourth-order valence-corrected chi connectivity index (χ4v) is 5.11. The Balaban J connectivity index is 1.68. The van der Waals surface area contributed by atoms with Crippen LogP contribution in [0.4, 0.5) is 4.39 Å². The Kier molecular flexibility index (Phi) is 4.02. The van der Waals surface area contributed by atoms with Crippen LogP contribution < -0.4 is 0 Å². The SMILES string of the molecule is Cc1cc(F)cc2c3c(n(CC(O)c4ccncc4)c12)CCN1CCC[C@H]31. The molecule has 2 atom stereocenters. The van der Waals surface area contributed by atoms with Crippen molar-refractivity contribution in [2.75, 3.05) is 13.1 Å². The molecule has 1 aromatic carbocycles. The van der Waals surface area contributed by atoms with Gasteiger partial charge in [0.2, 0.25) is 0 Å². The van der Waals surface area contributed by atoms with E-state index in [2.05, 4.69) is 14.5 Å². The van der Waals surface area contributed by atoms with Crippen LogP contribution in [0.5, 0.6) is 0 Å². The molecule has 0 radical (unpaired) electrons. The maximum atomic E-state index is 14.3. The topological polar surface area (TPSA) is 41.3 Å². The maximum absolute atomic E-state index is 14.3. The number of rotatable bonds is 3. The third-order valence-corrected chi connectivity index (χ3v) is 6.24. The Morgan fingerprint density at radius 1 is 1.26 bits per heavy atom. The average Bonchev–Trinajstić information content (AvgIpc) is 3.25. The van der Waals surface area contributed by atoms with Crippen molar-refractivity contribution < 1.29 is 9.50 Å². The number of benzene rings is 1. The molecule has 27 heavy (non-hydrogen) atoms. The van der Waals surface area contributed by atoms with Gasteiger partial charge >= 0.3 is 0 Å². The number of aliphatic hydroxyl groups is 1. The van der Waals surface area contributed by atoms with Gasteiger partial charge in [0, 0.05) is 42.5 Å². The minimum absolute atomic E-state index is 0.176. The molecule has 2 aliphatic heterocycles. The molecule has 1 fully saturated rings. The standard InChI is InChI=1S/C22H24FN3O/c1-14-11-16(23)12-17-21-18-3-2-9-25(18)10-6-19(21)26(22(14)17)13-20(27)15-4-7-24-8-5-15/h4-5,7-8,11-12,18,20,27H,2-3,6,9-10,13H2,1H3/t18-,20?/m1/s1. The van der Waals surface area contributed by atoms with E-state index in [0.29, 0.717) is 12.6 Å². The zero-order chi connectivity index (χ0) is 18.5. The molecule has 2 aliphatic rings. The van der Waals surface area contributed by atoms with Crippen LogP contribution in [-0.2, 0) is 13.0 Å². The largest absolute Gasteiger partial charge is 0.387 e. The molecule has 4 nitrogen and oxygen atoms in total. The Bertz CT molecular complexity index is 998. The number of aromatic nitrogens is 2. The van der Waals surface area contributed by atoms with Crippen molar-refractivity contribution in [3.8, 4) is 0 Å². The summed E-state index contributed by atoms with van der Waals surface area (Å²) < 4.78 is 16.5. The van der Waals surface area contributed by atoms with Crippen molar-refractivity contribution in [2.24, 2.45) is 0 Å². The van der Waals surface area contributed by atoms with Gasteiger partial charge in [-0.05, 0) is 67.3 Å². The van der Waals surface area contributed by atoms with Crippen molar-refractivity contribution in [3.63, 3.8) is 0 Å². The van der Waals surface area contributed by atoms with Gasteiger partial charge in [0.05, 0.1) is 18.2 Å². The van der Waals surface area contributed by atoms with Gasteiger partial charge in [-0.25, -0.2) is 4.39 Å². The van der Waals surface area contributed by atoms with Crippen molar-refractivity contribution in [1.82, 2.24) is 14.5 Å². The monoisotopic (exact) mass is 365 g/mol. The predicted octanol–water partition coefficient (Wildman–Crippen LogP) is 3.91. The lowest BCUT2D eigenvalue weighted by atomic mass is 9.95. The van der Waals surface area contributed by atoms with Gasteiger partial charge in [-0.1, -0.05) is 0 Å². The molecule has 1 N–H and O–H groups in total. The highest BCUT2D eigenvalue weighted by Gasteiger charge is 2.36. The Morgan fingerprint density at radius 2 is 2.07 bits per heavy atom. The van der Waals surface area contributed by atoms with Gasteiger partial charge in [-0.2, -0.15) is 0 Å². The average molecular weight is 365 g/mol. The van der Waals surface area contributed by atoms with E-state index in [1.165, 1.54) is 17.7 Å². The smallest absolute Gasteiger partial charge is 0.124 e. The molecule has 0 spiro atoms. The van der Waals surface area contributed by atoms with Gasteiger partial charge in [0.25, 0.3) is 0 Å². The molecule has 0 amide bonds. The molecular formula is C22H24FN3O. The lowest BCUT2D eigenvalue weighted by molar-refractivity contribution is 0.155. The van der Waals surface area contributed by atoms with Crippen LogP contribution in [0.25, 0.3) is 10.9 Å². The van der Waals surface area contributed by atoms with Crippen molar-refractivity contribution in [2.45, 2.75) is 44.9 Å². The first kappa shape index (κ1) is 16.9. The normalized spacial score (nSPS) is 20.6. The number of nitrogens with zero attached hydrogens (tertiary/aromatic N) is 3. The highest BCUT2D eigenvalue weighted by Crippen LogP contribution is 2.44. The molecule has 5 heteroatoms. The number of halogens is 1. The summed E-state index contributed by atoms with van der Waals surface area (Å²) >= 11 is 0. The Hall–Kier alpha value is -2.24. The molecule has 4 heterocycles. The van der Waals surface area contributed by atoms with Gasteiger partial charge in [-0.15, -0.1) is 0 Å². The highest BCUT2D eigenvalue weighted by molar-refractivity contribution is 5.89. The zero-order valence-corrected chi connectivity index (χ0v) is 15.5. The molecule has 140 valence electrons. The van der Waals surface area contributed by atoms with Crippen LogP contribution in [0, 0.1) is 12.7 Å². The summed E-state index contributed by atoms with van der Waals surface area (Å²) in [5.41, 5.74) is 5.43. The minimum Gasteiger partial charge on any atom is -0.387 e. The summed E-state index contributed by atoms with van der Waals surface area (Å²) in [4.78, 5) is 6.57. The van der Waals surface area contributed by atoms with Gasteiger partial charge < -0.3 is 9.67 Å². The fraction of sp³-hybridized carbons (Fsp3) is 0.409. The van der Waals surface area contributed by atoms with E-state index >= 15 is 0 Å². The zero-order valence-electron chi connectivity index (χ0n) is 15.5. The highest BCUT2D eigenvalue weighted by atomic mass is 19.1. The first-order chi connectivity index (χ1) is 13.1. The fourth-order valence-electron chi connectivity index (χ4n) is 5.11. The number of fused-ring (bicyclic) bond motifs is 5. The van der Waals surface area contributed by atoms with E-state index < -0.39 is 6.10 Å². The second-order valence-corrected chi connectivity index (χ2v) is 7.83. The van der Waals surface area contributed by atoms with Crippen LogP contribution in [0.15, 0.2) is 36.7 Å². The molecule has 0 saturated carbocycles. The predicted molar refractivity (Wildman–Crippen MR) is 103 cm³/mol. The Morgan fingerprint density at radius 3 is 2.89 bits per heavy atom. The van der Waals surface area contributed by atoms with E-state index in [1.807, 2.05) is 19.1 Å². The summed E-state index contributed by atoms with van der Waals surface area (Å²) in [5, 5.41) is 11.9. The third-order valence-electron chi connectivity index (χ3n) is 6.24. The summed E-state index contributed by atoms with van der Waals surface area (Å²) in [6.07, 6.45) is 6.08. The lowest BCUT2D eigenvalue weighted by Gasteiger charge is -2.31. The van der Waals surface area contributed by atoms with Crippen molar-refractivity contribution in [1.29, 1.82) is 0 Å². The second-order valence-electron chi connectivity index (χ2n) is 7.83. The molecule has 2 aromatic heterocycles. The van der Waals surface area contributed by atoms with Crippen LogP contribution in [0.2, 0.25) is 0 Å². The first-order valence-electron chi connectivity index (χ1n) is 9.76. The first-order valence-corrected chi connectivity index (χ1v) is 9.76. The number of hydrogen-bond donors (Lipinski definition) is 1. The molecular weight excluding hydrogens is 341 g/mol. The van der Waals surface area contributed by atoms with E-state index in [1.54, 1.807) is 24.5 Å². The van der Waals surface area contributed by atoms with E-state index in [0.717, 1.165) is 48.0 Å². The Labute approximate surface area is 158 Å². The van der Waals surface area contributed by atoms with Gasteiger partial charge in [0.1, 0.15) is 5.82 Å². The summed E-state index contributed by atoms with van der Waals surface area (Å²) in [6, 6.07) is 7.40. The van der Waals surface area contributed by atoms with Crippen LogP contribution in [0.1, 0.15) is 47.4 Å². The van der Waals surface area contributed by atoms with Crippen molar-refractivity contribution >= 4 is 10.9 Å². The number of hydrogen-bond acceptors (Lipinski definition) is 3. The molecule has 0 aliphatic carbocycles. The summed E-state index contributed by atoms with van der Waals surface area (Å²) in [6.45, 7) is 4.62. The van der Waals surface area contributed by atoms with E-state index in [4.69, 9.17) is 0 Å². The van der Waals surface area contributed by atoms with Crippen LogP contribution in [-0.4, -0.2) is 32.6 Å². The van der Waals surface area contributed by atoms with Crippen LogP contribution >= 0.6 is 0 Å².